The maximum absolute atomic E-state index is 5.66. The van der Waals surface area contributed by atoms with Crippen molar-refractivity contribution in [2.45, 2.75) is 6.42 Å². The maximum atomic E-state index is 5.66. The van der Waals surface area contributed by atoms with Crippen LogP contribution in [0, 0.1) is 0 Å². The highest BCUT2D eigenvalue weighted by molar-refractivity contribution is 5.70. The molecule has 3 heteroatoms. The topological polar surface area (TPSA) is 44.5 Å². The van der Waals surface area contributed by atoms with Gasteiger partial charge in [-0.15, -0.1) is 0 Å². The first kappa shape index (κ1) is 13.4. The van der Waals surface area contributed by atoms with Crippen molar-refractivity contribution >= 4 is 0 Å². The number of methoxy groups -OCH3 is 2. The highest BCUT2D eigenvalue weighted by Gasteiger charge is 2.08. The molecule has 0 saturated heterocycles. The summed E-state index contributed by atoms with van der Waals surface area (Å²) < 4.78 is 10.6. The first-order valence-electron chi connectivity index (χ1n) is 6.30. The van der Waals surface area contributed by atoms with Crippen LogP contribution in [0.1, 0.15) is 5.56 Å². The summed E-state index contributed by atoms with van der Waals surface area (Å²) in [5, 5.41) is 0. The minimum Gasteiger partial charge on any atom is -0.493 e. The van der Waals surface area contributed by atoms with Gasteiger partial charge in [-0.2, -0.15) is 0 Å². The smallest absolute Gasteiger partial charge is 0.161 e. The van der Waals surface area contributed by atoms with Crippen LogP contribution in [0.3, 0.4) is 0 Å². The zero-order chi connectivity index (χ0) is 13.7. The van der Waals surface area contributed by atoms with Crippen LogP contribution in [-0.2, 0) is 6.42 Å². The predicted molar refractivity (Wildman–Crippen MR) is 77.7 cm³/mol. The van der Waals surface area contributed by atoms with Crippen molar-refractivity contribution in [3.63, 3.8) is 0 Å². The van der Waals surface area contributed by atoms with Crippen molar-refractivity contribution in [1.82, 2.24) is 0 Å². The summed E-state index contributed by atoms with van der Waals surface area (Å²) in [6.45, 7) is 0.643. The third kappa shape index (κ3) is 2.88. The molecular formula is C16H19NO2. The Bertz CT molecular complexity index is 552. The van der Waals surface area contributed by atoms with Crippen LogP contribution < -0.4 is 15.2 Å². The molecule has 0 radical (unpaired) electrons. The highest BCUT2D eigenvalue weighted by Crippen LogP contribution is 2.33. The van der Waals surface area contributed by atoms with Crippen LogP contribution in [0.15, 0.2) is 42.5 Å². The van der Waals surface area contributed by atoms with Crippen molar-refractivity contribution in [2.75, 3.05) is 20.8 Å². The normalized spacial score (nSPS) is 10.3. The molecule has 3 nitrogen and oxygen atoms in total. The van der Waals surface area contributed by atoms with Gasteiger partial charge in [-0.3, -0.25) is 0 Å². The van der Waals surface area contributed by atoms with Crippen molar-refractivity contribution < 1.29 is 9.47 Å². The number of nitrogens with two attached hydrogens (primary N) is 1. The minimum absolute atomic E-state index is 0.643. The van der Waals surface area contributed by atoms with Gasteiger partial charge < -0.3 is 15.2 Å². The number of hydrogen-bond donors (Lipinski definition) is 1. The quantitative estimate of drug-likeness (QED) is 0.895. The second-order valence-electron chi connectivity index (χ2n) is 4.27. The van der Waals surface area contributed by atoms with E-state index in [1.807, 2.05) is 30.3 Å². The molecule has 0 unspecified atom stereocenters. The van der Waals surface area contributed by atoms with Crippen molar-refractivity contribution in [1.29, 1.82) is 0 Å². The van der Waals surface area contributed by atoms with Gasteiger partial charge in [0.05, 0.1) is 14.2 Å². The Hall–Kier alpha value is -2.00. The van der Waals surface area contributed by atoms with Crippen LogP contribution in [-0.4, -0.2) is 20.8 Å². The molecule has 0 aromatic heterocycles. The van der Waals surface area contributed by atoms with E-state index in [4.69, 9.17) is 15.2 Å². The lowest BCUT2D eigenvalue weighted by atomic mass is 9.97. The molecule has 2 aromatic carbocycles. The van der Waals surface area contributed by atoms with Gasteiger partial charge in [0.15, 0.2) is 11.5 Å². The summed E-state index contributed by atoms with van der Waals surface area (Å²) in [6.07, 6.45) is 0.866. The van der Waals surface area contributed by atoms with E-state index in [1.165, 1.54) is 11.1 Å². The van der Waals surface area contributed by atoms with Gasteiger partial charge in [-0.05, 0) is 41.8 Å². The molecule has 2 aromatic rings. The van der Waals surface area contributed by atoms with E-state index in [0.29, 0.717) is 6.54 Å². The lowest BCUT2D eigenvalue weighted by Gasteiger charge is -2.12. The third-order valence-corrected chi connectivity index (χ3v) is 3.13. The summed E-state index contributed by atoms with van der Waals surface area (Å²) in [7, 11) is 3.29. The van der Waals surface area contributed by atoms with Crippen LogP contribution >= 0.6 is 0 Å². The Labute approximate surface area is 114 Å². The highest BCUT2D eigenvalue weighted by atomic mass is 16.5. The van der Waals surface area contributed by atoms with E-state index < -0.39 is 0 Å². The number of benzene rings is 2. The molecule has 0 spiro atoms. The lowest BCUT2D eigenvalue weighted by Crippen LogP contribution is -2.03. The fourth-order valence-corrected chi connectivity index (χ4v) is 2.18. The van der Waals surface area contributed by atoms with Gasteiger partial charge >= 0.3 is 0 Å². The lowest BCUT2D eigenvalue weighted by molar-refractivity contribution is 0.355. The van der Waals surface area contributed by atoms with Crippen molar-refractivity contribution in [3.8, 4) is 22.6 Å². The minimum atomic E-state index is 0.643. The summed E-state index contributed by atoms with van der Waals surface area (Å²) in [4.78, 5) is 0. The van der Waals surface area contributed by atoms with E-state index in [-0.39, 0.29) is 0 Å². The monoisotopic (exact) mass is 257 g/mol. The van der Waals surface area contributed by atoms with Gasteiger partial charge in [-0.1, -0.05) is 30.3 Å². The number of ether oxygens (including phenoxy) is 2. The van der Waals surface area contributed by atoms with Gasteiger partial charge in [0, 0.05) is 0 Å². The van der Waals surface area contributed by atoms with E-state index >= 15 is 0 Å². The fraction of sp³-hybridized carbons (Fsp3) is 0.250. The molecule has 0 heterocycles. The Morgan fingerprint density at radius 2 is 1.68 bits per heavy atom. The molecular weight excluding hydrogens is 238 g/mol. The fourth-order valence-electron chi connectivity index (χ4n) is 2.18. The average molecular weight is 257 g/mol. The summed E-state index contributed by atoms with van der Waals surface area (Å²) in [5.74, 6) is 1.48. The Morgan fingerprint density at radius 3 is 2.37 bits per heavy atom. The Kier molecular flexibility index (Phi) is 4.42. The molecule has 0 fully saturated rings. The van der Waals surface area contributed by atoms with Gasteiger partial charge in [0.25, 0.3) is 0 Å². The second-order valence-corrected chi connectivity index (χ2v) is 4.27. The van der Waals surface area contributed by atoms with Gasteiger partial charge in [0.1, 0.15) is 0 Å². The zero-order valence-corrected chi connectivity index (χ0v) is 11.3. The van der Waals surface area contributed by atoms with E-state index in [2.05, 4.69) is 12.1 Å². The van der Waals surface area contributed by atoms with Crippen LogP contribution in [0.5, 0.6) is 11.5 Å². The van der Waals surface area contributed by atoms with E-state index in [0.717, 1.165) is 23.5 Å². The predicted octanol–water partition coefficient (Wildman–Crippen LogP) is 2.87. The molecule has 0 aliphatic heterocycles. The summed E-state index contributed by atoms with van der Waals surface area (Å²) in [5.41, 5.74) is 9.21. The SMILES string of the molecule is COc1ccc(-c2ccccc2CCN)cc1OC. The first-order chi connectivity index (χ1) is 9.30. The van der Waals surface area contributed by atoms with Crippen molar-refractivity contribution in [3.05, 3.63) is 48.0 Å². The first-order valence-corrected chi connectivity index (χ1v) is 6.30. The maximum Gasteiger partial charge on any atom is 0.161 e. The van der Waals surface area contributed by atoms with Crippen LogP contribution in [0.25, 0.3) is 11.1 Å². The summed E-state index contributed by atoms with van der Waals surface area (Å²) in [6, 6.07) is 14.2. The number of rotatable bonds is 5. The van der Waals surface area contributed by atoms with Gasteiger partial charge in [0.2, 0.25) is 0 Å². The third-order valence-electron chi connectivity index (χ3n) is 3.13. The van der Waals surface area contributed by atoms with Crippen molar-refractivity contribution in [2.24, 2.45) is 5.73 Å². The molecule has 2 N–H and O–H groups in total. The number of hydrogen-bond acceptors (Lipinski definition) is 3. The van der Waals surface area contributed by atoms with Crippen LogP contribution in [0.4, 0.5) is 0 Å². The van der Waals surface area contributed by atoms with E-state index in [1.54, 1.807) is 14.2 Å². The molecule has 0 atom stereocenters. The molecule has 2 rings (SSSR count). The molecule has 0 aliphatic rings. The largest absolute Gasteiger partial charge is 0.493 e. The second kappa shape index (κ2) is 6.25. The Morgan fingerprint density at radius 1 is 0.947 bits per heavy atom. The summed E-state index contributed by atoms with van der Waals surface area (Å²) >= 11 is 0. The standard InChI is InChI=1S/C16H19NO2/c1-18-15-8-7-13(11-16(15)19-2)14-6-4-3-5-12(14)9-10-17/h3-8,11H,9-10,17H2,1-2H3. The van der Waals surface area contributed by atoms with Crippen LogP contribution in [0.2, 0.25) is 0 Å². The zero-order valence-electron chi connectivity index (χ0n) is 11.3. The van der Waals surface area contributed by atoms with Gasteiger partial charge in [-0.25, -0.2) is 0 Å². The Balaban J connectivity index is 2.47. The molecule has 0 saturated carbocycles. The molecule has 19 heavy (non-hydrogen) atoms. The molecule has 0 bridgehead atoms. The van der Waals surface area contributed by atoms with E-state index in [9.17, 15) is 0 Å². The molecule has 0 amide bonds. The molecule has 0 aliphatic carbocycles. The molecule has 100 valence electrons. The average Bonchev–Trinajstić information content (AvgIpc) is 2.47.